The number of phenols is 1. The first-order valence-electron chi connectivity index (χ1n) is 15.0. The molecule has 4 fully saturated rings. The van der Waals surface area contributed by atoms with Gasteiger partial charge in [-0.05, 0) is 55.8 Å². The maximum Gasteiger partial charge on any atom is 0.319 e. The Hall–Kier alpha value is -3.41. The first-order chi connectivity index (χ1) is 21.2. The summed E-state index contributed by atoms with van der Waals surface area (Å²) in [6, 6.07) is 6.91. The predicted molar refractivity (Wildman–Crippen MR) is 160 cm³/mol. The number of nitrogens with zero attached hydrogens (tertiary/aromatic N) is 4. The minimum atomic E-state index is -0.987. The number of hydrogen-bond donors (Lipinski definition) is 2. The molecule has 1 aromatic heterocycles. The van der Waals surface area contributed by atoms with Crippen molar-refractivity contribution in [2.75, 3.05) is 37.7 Å². The summed E-state index contributed by atoms with van der Waals surface area (Å²) in [7, 11) is 0. The van der Waals surface area contributed by atoms with Gasteiger partial charge in [0, 0.05) is 54.7 Å². The number of ether oxygens (including phenoxy) is 1. The fraction of sp³-hybridized carbons (Fsp3) is 0.438. The summed E-state index contributed by atoms with van der Waals surface area (Å²) in [6.45, 7) is 2.26. The first-order valence-corrected chi connectivity index (χ1v) is 15.4. The van der Waals surface area contributed by atoms with Gasteiger partial charge in [-0.2, -0.15) is 9.97 Å². The smallest absolute Gasteiger partial charge is 0.319 e. The van der Waals surface area contributed by atoms with Crippen LogP contribution in [-0.4, -0.2) is 76.6 Å². The number of benzene rings is 3. The van der Waals surface area contributed by atoms with Crippen molar-refractivity contribution in [3.63, 3.8) is 0 Å². The third-order valence-corrected chi connectivity index (χ3v) is 10.2. The van der Waals surface area contributed by atoms with Gasteiger partial charge in [-0.15, -0.1) is 0 Å². The molecule has 0 spiro atoms. The van der Waals surface area contributed by atoms with Crippen LogP contribution in [0, 0.1) is 17.5 Å². The van der Waals surface area contributed by atoms with E-state index in [-0.39, 0.29) is 58.1 Å². The molecule has 2 bridgehead atoms. The molecule has 0 radical (unpaired) electrons. The maximum atomic E-state index is 16.8. The van der Waals surface area contributed by atoms with Gasteiger partial charge in [-0.3, -0.25) is 4.90 Å². The second kappa shape index (κ2) is 10.3. The number of hydrogen-bond acceptors (Lipinski definition) is 7. The van der Waals surface area contributed by atoms with Crippen LogP contribution in [-0.2, 0) is 0 Å². The molecular formula is C32H30ClF4N5O2. The van der Waals surface area contributed by atoms with Crippen LogP contribution in [0.3, 0.4) is 0 Å². The van der Waals surface area contributed by atoms with Crippen LogP contribution in [0.2, 0.25) is 5.02 Å². The average molecular weight is 628 g/mol. The summed E-state index contributed by atoms with van der Waals surface area (Å²) >= 11 is 6.58. The summed E-state index contributed by atoms with van der Waals surface area (Å²) in [5.41, 5.74) is -1.39. The minimum absolute atomic E-state index is 0.0169. The average Bonchev–Trinajstić information content (AvgIpc) is 3.64. The van der Waals surface area contributed by atoms with Crippen molar-refractivity contribution in [2.45, 2.75) is 55.9 Å². The summed E-state index contributed by atoms with van der Waals surface area (Å²) in [6.07, 6.45) is 2.95. The van der Waals surface area contributed by atoms with Crippen LogP contribution in [0.4, 0.5) is 23.4 Å². The molecule has 1 unspecified atom stereocenters. The third kappa shape index (κ3) is 4.38. The van der Waals surface area contributed by atoms with Crippen molar-refractivity contribution >= 4 is 39.1 Å². The van der Waals surface area contributed by atoms with Gasteiger partial charge in [0.2, 0.25) is 0 Å². The Balaban J connectivity index is 1.31. The molecule has 4 aliphatic heterocycles. The van der Waals surface area contributed by atoms with E-state index < -0.39 is 39.7 Å². The SMILES string of the molecule is Oc1cc(-c2c(Cl)c(F)c3c(N4CC5CC[C@H](C4)N5)nc(OC[C@@]45CCCN4C[C@H](F)C5)nc3c2F)c2c(F)cccc2c1. The van der Waals surface area contributed by atoms with Gasteiger partial charge in [-0.25, -0.2) is 17.6 Å². The van der Waals surface area contributed by atoms with Gasteiger partial charge in [0.1, 0.15) is 35.7 Å². The Morgan fingerprint density at radius 3 is 2.64 bits per heavy atom. The lowest BCUT2D eigenvalue weighted by Crippen LogP contribution is -2.51. The quantitative estimate of drug-likeness (QED) is 0.204. The van der Waals surface area contributed by atoms with E-state index in [1.165, 1.54) is 18.2 Å². The van der Waals surface area contributed by atoms with E-state index in [0.29, 0.717) is 31.4 Å². The number of halogens is 5. The Morgan fingerprint density at radius 2 is 1.84 bits per heavy atom. The highest BCUT2D eigenvalue weighted by Gasteiger charge is 2.49. The molecule has 0 aliphatic carbocycles. The highest BCUT2D eigenvalue weighted by molar-refractivity contribution is 6.35. The zero-order chi connectivity index (χ0) is 30.3. The lowest BCUT2D eigenvalue weighted by atomic mass is 9.95. The molecule has 4 aliphatic rings. The van der Waals surface area contributed by atoms with E-state index in [9.17, 15) is 9.50 Å². The second-order valence-electron chi connectivity index (χ2n) is 12.6. The predicted octanol–water partition coefficient (Wildman–Crippen LogP) is 6.12. The topological polar surface area (TPSA) is 73.8 Å². The minimum Gasteiger partial charge on any atom is -0.508 e. The van der Waals surface area contributed by atoms with Gasteiger partial charge < -0.3 is 20.1 Å². The Morgan fingerprint density at radius 1 is 1.05 bits per heavy atom. The fourth-order valence-corrected chi connectivity index (χ4v) is 8.21. The van der Waals surface area contributed by atoms with Gasteiger partial charge >= 0.3 is 6.01 Å². The van der Waals surface area contributed by atoms with Gasteiger partial charge in [0.25, 0.3) is 0 Å². The lowest BCUT2D eigenvalue weighted by molar-refractivity contribution is 0.107. The van der Waals surface area contributed by atoms with E-state index in [0.717, 1.165) is 38.3 Å². The van der Waals surface area contributed by atoms with Crippen LogP contribution in [0.25, 0.3) is 32.8 Å². The fourth-order valence-electron chi connectivity index (χ4n) is 7.93. The number of rotatable bonds is 5. The highest BCUT2D eigenvalue weighted by atomic mass is 35.5. The number of alkyl halides is 1. The van der Waals surface area contributed by atoms with Crippen molar-refractivity contribution in [3.8, 4) is 22.9 Å². The van der Waals surface area contributed by atoms with Gasteiger partial charge in [0.05, 0.1) is 15.9 Å². The number of phenolic OH excluding ortho intramolecular Hbond substituents is 1. The number of aromatic nitrogens is 2. The van der Waals surface area contributed by atoms with E-state index in [2.05, 4.69) is 20.2 Å². The van der Waals surface area contributed by atoms with E-state index in [1.54, 1.807) is 6.07 Å². The van der Waals surface area contributed by atoms with E-state index in [1.807, 2.05) is 4.90 Å². The monoisotopic (exact) mass is 627 g/mol. The standard InChI is InChI=1S/C32H30ClF4N5O2/c33-26-24(21-10-20(43)9-16-3-1-4-22(35)23(16)21)28(37)29-25(27(26)36)30(41-13-18-5-6-19(14-41)38-18)40-31(39-29)44-15-32-7-2-8-42(32)12-17(34)11-32/h1,3-4,9-10,17-19,38,43H,2,5-8,11-15H2/t17-,18-,19?,32+/m1/s1. The summed E-state index contributed by atoms with van der Waals surface area (Å²) in [4.78, 5) is 13.0. The highest BCUT2D eigenvalue weighted by Crippen LogP contribution is 2.46. The zero-order valence-corrected chi connectivity index (χ0v) is 24.5. The molecule has 4 atom stereocenters. The van der Waals surface area contributed by atoms with Crippen molar-refractivity contribution in [1.29, 1.82) is 0 Å². The lowest BCUT2D eigenvalue weighted by Gasteiger charge is -2.35. The Bertz CT molecular complexity index is 1820. The first kappa shape index (κ1) is 28.1. The molecule has 3 aromatic carbocycles. The Kier molecular flexibility index (Phi) is 6.59. The van der Waals surface area contributed by atoms with Crippen molar-refractivity contribution in [1.82, 2.24) is 20.2 Å². The molecule has 12 heteroatoms. The maximum absolute atomic E-state index is 16.8. The van der Waals surface area contributed by atoms with Crippen molar-refractivity contribution in [2.24, 2.45) is 0 Å². The largest absolute Gasteiger partial charge is 0.508 e. The second-order valence-corrected chi connectivity index (χ2v) is 13.0. The summed E-state index contributed by atoms with van der Waals surface area (Å²) < 4.78 is 69.0. The van der Waals surface area contributed by atoms with Crippen molar-refractivity contribution in [3.05, 3.63) is 52.8 Å². The van der Waals surface area contributed by atoms with E-state index >= 15 is 13.2 Å². The molecule has 5 heterocycles. The van der Waals surface area contributed by atoms with Crippen LogP contribution < -0.4 is 15.0 Å². The number of anilines is 1. The van der Waals surface area contributed by atoms with Gasteiger partial charge in [0.15, 0.2) is 11.6 Å². The molecule has 4 saturated heterocycles. The molecule has 4 aromatic rings. The zero-order valence-electron chi connectivity index (χ0n) is 23.7. The van der Waals surface area contributed by atoms with E-state index in [4.69, 9.17) is 16.3 Å². The molecular weight excluding hydrogens is 598 g/mol. The van der Waals surface area contributed by atoms with Crippen LogP contribution >= 0.6 is 11.6 Å². The molecule has 230 valence electrons. The summed E-state index contributed by atoms with van der Waals surface area (Å²) in [5, 5.41) is 13.5. The molecule has 8 rings (SSSR count). The van der Waals surface area contributed by atoms with Crippen molar-refractivity contribution < 1.29 is 27.4 Å². The molecule has 7 nitrogen and oxygen atoms in total. The number of nitrogens with one attached hydrogen (secondary N) is 1. The van der Waals surface area contributed by atoms with Crippen LogP contribution in [0.1, 0.15) is 32.1 Å². The molecule has 0 amide bonds. The number of fused-ring (bicyclic) bond motifs is 5. The number of aromatic hydroxyl groups is 1. The normalized spacial score (nSPS) is 26.7. The third-order valence-electron chi connectivity index (χ3n) is 9.86. The summed E-state index contributed by atoms with van der Waals surface area (Å²) in [5.74, 6) is -2.72. The van der Waals surface area contributed by atoms with Crippen LogP contribution in [0.5, 0.6) is 11.8 Å². The van der Waals surface area contributed by atoms with Crippen LogP contribution in [0.15, 0.2) is 30.3 Å². The molecule has 2 N–H and O–H groups in total. The van der Waals surface area contributed by atoms with Gasteiger partial charge in [-0.1, -0.05) is 23.7 Å². The number of piperazine rings is 1. The molecule has 0 saturated carbocycles. The molecule has 44 heavy (non-hydrogen) atoms. The Labute approximate surface area is 255 Å².